The van der Waals surface area contributed by atoms with Crippen LogP contribution in [0, 0.1) is 5.95 Å². The number of aromatic nitrogens is 9. The van der Waals surface area contributed by atoms with E-state index < -0.39 is 29.5 Å². The molecule has 5 aromatic heterocycles. The Balaban J connectivity index is 1.39. The average Bonchev–Trinajstić information content (AvgIpc) is 3.64. The number of carbonyl (C=O) groups is 1. The molecule has 1 aliphatic rings. The molecule has 0 aliphatic heterocycles. The zero-order valence-corrected chi connectivity index (χ0v) is 20.0. The van der Waals surface area contributed by atoms with Gasteiger partial charge in [-0.05, 0) is 19.4 Å². The molecule has 16 heteroatoms. The minimum Gasteiger partial charge on any atom is -0.324 e. The van der Waals surface area contributed by atoms with E-state index >= 15 is 0 Å². The van der Waals surface area contributed by atoms with Crippen LogP contribution in [0.25, 0.3) is 11.5 Å². The number of anilines is 1. The molecule has 11 nitrogen and oxygen atoms in total. The van der Waals surface area contributed by atoms with Gasteiger partial charge in [0.2, 0.25) is 11.9 Å². The molecule has 2 atom stereocenters. The Kier molecular flexibility index (Phi) is 5.24. The molecule has 0 saturated heterocycles. The molecule has 38 heavy (non-hydrogen) atoms. The van der Waals surface area contributed by atoms with Crippen LogP contribution in [0.15, 0.2) is 49.3 Å². The van der Waals surface area contributed by atoms with Gasteiger partial charge in [-0.2, -0.15) is 24.4 Å². The van der Waals surface area contributed by atoms with Crippen LogP contribution in [0.5, 0.6) is 0 Å². The number of alkyl halides is 3. The molecule has 0 bridgehead atoms. The van der Waals surface area contributed by atoms with Crippen molar-refractivity contribution >= 4 is 28.8 Å². The van der Waals surface area contributed by atoms with Crippen molar-refractivity contribution in [3.05, 3.63) is 77.1 Å². The Morgan fingerprint density at radius 3 is 2.58 bits per heavy atom. The monoisotopic (exact) mass is 546 g/mol. The SMILES string of the molecule is CC1(c2cnn(C(F)(F)F)c2)CC(C(=O)Nc2cnc(-n3nccn3)c(Cl)c2)c2cnc3cc(F)nn3c21. The zero-order chi connectivity index (χ0) is 26.8. The number of hydrogen-bond donors (Lipinski definition) is 1. The number of nitrogens with zero attached hydrogens (tertiary/aromatic N) is 9. The molecule has 0 aromatic carbocycles. The number of carbonyl (C=O) groups excluding carboxylic acids is 1. The second-order valence-electron chi connectivity index (χ2n) is 8.87. The maximum Gasteiger partial charge on any atom is 0.504 e. The summed E-state index contributed by atoms with van der Waals surface area (Å²) < 4.78 is 55.1. The Bertz CT molecular complexity index is 1700. The van der Waals surface area contributed by atoms with Crippen molar-refractivity contribution in [2.24, 2.45) is 0 Å². The lowest BCUT2D eigenvalue weighted by atomic mass is 9.80. The Labute approximate surface area is 215 Å². The lowest BCUT2D eigenvalue weighted by Crippen LogP contribution is -2.25. The van der Waals surface area contributed by atoms with Gasteiger partial charge in [0.15, 0.2) is 11.5 Å². The number of halogens is 5. The highest BCUT2D eigenvalue weighted by Gasteiger charge is 2.48. The summed E-state index contributed by atoms with van der Waals surface area (Å²) in [6.07, 6.45) is 2.92. The first-order chi connectivity index (χ1) is 18.0. The number of fused-ring (bicyclic) bond motifs is 3. The third-order valence-electron chi connectivity index (χ3n) is 6.49. The largest absolute Gasteiger partial charge is 0.504 e. The third kappa shape index (κ3) is 3.77. The molecular weight excluding hydrogens is 532 g/mol. The van der Waals surface area contributed by atoms with Gasteiger partial charge in [0.1, 0.15) is 0 Å². The van der Waals surface area contributed by atoms with Crippen LogP contribution in [0.2, 0.25) is 5.02 Å². The number of pyridine rings is 1. The summed E-state index contributed by atoms with van der Waals surface area (Å²) in [6, 6.07) is 2.56. The molecule has 1 amide bonds. The smallest absolute Gasteiger partial charge is 0.324 e. The number of amides is 1. The highest BCUT2D eigenvalue weighted by atomic mass is 35.5. The van der Waals surface area contributed by atoms with Crippen LogP contribution in [0.4, 0.5) is 23.2 Å². The van der Waals surface area contributed by atoms with Gasteiger partial charge in [0.05, 0.1) is 47.1 Å². The maximum absolute atomic E-state index is 14.1. The lowest BCUT2D eigenvalue weighted by molar-refractivity contribution is -0.212. The van der Waals surface area contributed by atoms with Crippen LogP contribution in [-0.4, -0.2) is 50.3 Å². The van der Waals surface area contributed by atoms with Crippen molar-refractivity contribution in [1.82, 2.24) is 44.4 Å². The van der Waals surface area contributed by atoms with E-state index in [1.807, 2.05) is 0 Å². The Morgan fingerprint density at radius 2 is 1.89 bits per heavy atom. The summed E-state index contributed by atoms with van der Waals surface area (Å²) in [6.45, 7) is 1.65. The highest BCUT2D eigenvalue weighted by molar-refractivity contribution is 6.32. The second kappa shape index (κ2) is 8.31. The Morgan fingerprint density at radius 1 is 1.13 bits per heavy atom. The van der Waals surface area contributed by atoms with E-state index in [1.165, 1.54) is 40.2 Å². The quantitative estimate of drug-likeness (QED) is 0.342. The van der Waals surface area contributed by atoms with E-state index in [0.29, 0.717) is 11.3 Å². The predicted octanol–water partition coefficient (Wildman–Crippen LogP) is 3.60. The molecule has 2 unspecified atom stereocenters. The zero-order valence-electron chi connectivity index (χ0n) is 19.2. The van der Waals surface area contributed by atoms with Crippen molar-refractivity contribution in [3.8, 4) is 5.82 Å². The summed E-state index contributed by atoms with van der Waals surface area (Å²) in [4.78, 5) is 23.1. The predicted molar refractivity (Wildman–Crippen MR) is 123 cm³/mol. The molecule has 0 saturated carbocycles. The van der Waals surface area contributed by atoms with Crippen molar-refractivity contribution in [2.75, 3.05) is 5.32 Å². The lowest BCUT2D eigenvalue weighted by Gasteiger charge is -2.24. The normalized spacial score (nSPS) is 19.2. The van der Waals surface area contributed by atoms with Gasteiger partial charge < -0.3 is 5.32 Å². The first-order valence-electron chi connectivity index (χ1n) is 11.0. The van der Waals surface area contributed by atoms with E-state index in [1.54, 1.807) is 6.92 Å². The molecule has 5 heterocycles. The van der Waals surface area contributed by atoms with Crippen LogP contribution in [0.1, 0.15) is 36.1 Å². The van der Waals surface area contributed by atoms with Crippen LogP contribution in [-0.2, 0) is 16.5 Å². The van der Waals surface area contributed by atoms with Gasteiger partial charge in [0, 0.05) is 35.0 Å². The molecule has 1 aliphatic carbocycles. The van der Waals surface area contributed by atoms with E-state index in [4.69, 9.17) is 11.6 Å². The minimum absolute atomic E-state index is 0.0381. The van der Waals surface area contributed by atoms with E-state index in [-0.39, 0.29) is 38.8 Å². The fourth-order valence-corrected chi connectivity index (χ4v) is 5.02. The van der Waals surface area contributed by atoms with E-state index in [2.05, 4.69) is 35.7 Å². The minimum atomic E-state index is -4.73. The van der Waals surface area contributed by atoms with Crippen LogP contribution < -0.4 is 5.32 Å². The molecule has 1 N–H and O–H groups in total. The van der Waals surface area contributed by atoms with Crippen LogP contribution >= 0.6 is 11.6 Å². The molecular formula is C22H15ClF4N10O. The summed E-state index contributed by atoms with van der Waals surface area (Å²) in [7, 11) is 0. The van der Waals surface area contributed by atoms with Crippen molar-refractivity contribution in [3.63, 3.8) is 0 Å². The van der Waals surface area contributed by atoms with Crippen LogP contribution in [0.3, 0.4) is 0 Å². The topological polar surface area (TPSA) is 121 Å². The van der Waals surface area contributed by atoms with Crippen molar-refractivity contribution in [2.45, 2.75) is 31.0 Å². The van der Waals surface area contributed by atoms with Gasteiger partial charge in [-0.1, -0.05) is 11.6 Å². The second-order valence-corrected chi connectivity index (χ2v) is 9.27. The fraction of sp³-hybridized carbons (Fsp3) is 0.227. The summed E-state index contributed by atoms with van der Waals surface area (Å²) >= 11 is 6.30. The van der Waals surface area contributed by atoms with E-state index in [9.17, 15) is 22.4 Å². The van der Waals surface area contributed by atoms with Gasteiger partial charge >= 0.3 is 6.30 Å². The summed E-state index contributed by atoms with van der Waals surface area (Å²) in [5.41, 5.74) is 0.133. The van der Waals surface area contributed by atoms with Gasteiger partial charge in [-0.25, -0.2) is 14.5 Å². The standard InChI is InChI=1S/C22H15ClF4N10O/c1-21(11-7-32-35(10-11)22(25,26)27)6-13(14-9-28-17-5-16(24)34-36(17)18(14)21)20(38)33-12-4-15(23)19(29-8-12)37-30-2-3-31-37/h2-5,7-10,13H,6H2,1H3,(H,33,38). The van der Waals surface area contributed by atoms with Gasteiger partial charge in [-0.3, -0.25) is 4.79 Å². The third-order valence-corrected chi connectivity index (χ3v) is 6.76. The molecule has 0 radical (unpaired) electrons. The number of nitrogens with one attached hydrogen (secondary N) is 1. The molecule has 0 fully saturated rings. The van der Waals surface area contributed by atoms with Crippen molar-refractivity contribution in [1.29, 1.82) is 0 Å². The van der Waals surface area contributed by atoms with E-state index in [0.717, 1.165) is 18.5 Å². The molecule has 6 rings (SSSR count). The highest BCUT2D eigenvalue weighted by Crippen LogP contribution is 2.50. The number of rotatable bonds is 4. The summed E-state index contributed by atoms with van der Waals surface area (Å²) in [5.74, 6) is -1.93. The molecule has 194 valence electrons. The van der Waals surface area contributed by atoms with Gasteiger partial charge in [-0.15, -0.1) is 23.1 Å². The van der Waals surface area contributed by atoms with Gasteiger partial charge in [0.25, 0.3) is 0 Å². The first kappa shape index (κ1) is 24.0. The molecule has 5 aromatic rings. The fourth-order valence-electron chi connectivity index (χ4n) is 4.78. The summed E-state index contributed by atoms with van der Waals surface area (Å²) in [5, 5.41) is 18.1. The maximum atomic E-state index is 14.1. The van der Waals surface area contributed by atoms with Crippen molar-refractivity contribution < 1.29 is 22.4 Å². The number of hydrogen-bond acceptors (Lipinski definition) is 7. The Hall–Kier alpha value is -4.40. The average molecular weight is 547 g/mol. The first-order valence-corrected chi connectivity index (χ1v) is 11.4. The molecule has 0 spiro atoms.